The summed E-state index contributed by atoms with van der Waals surface area (Å²) in [5.74, 6) is 0. The van der Waals surface area contributed by atoms with E-state index in [0.717, 1.165) is 45.2 Å². The molecule has 1 aliphatic carbocycles. The smallest absolute Gasteiger partial charge is 0.315 e. The second-order valence-electron chi connectivity index (χ2n) is 8.29. The molecule has 2 rings (SSSR count). The lowest BCUT2D eigenvalue weighted by atomic mass is 9.63. The number of rotatable bonds is 4. The van der Waals surface area contributed by atoms with Crippen LogP contribution in [0.5, 0.6) is 0 Å². The van der Waals surface area contributed by atoms with Crippen molar-refractivity contribution >= 4 is 12.1 Å². The van der Waals surface area contributed by atoms with Gasteiger partial charge in [0, 0.05) is 12.6 Å². The van der Waals surface area contributed by atoms with Crippen molar-refractivity contribution in [3.8, 4) is 0 Å². The van der Waals surface area contributed by atoms with E-state index >= 15 is 0 Å². The van der Waals surface area contributed by atoms with E-state index in [1.807, 2.05) is 0 Å². The Kier molecular flexibility index (Phi) is 5.82. The third-order valence-electron chi connectivity index (χ3n) is 5.01. The highest BCUT2D eigenvalue weighted by Crippen LogP contribution is 2.46. The number of piperidine rings is 1. The number of hydrogen-bond donors (Lipinski definition) is 3. The van der Waals surface area contributed by atoms with Crippen LogP contribution in [0.1, 0.15) is 52.9 Å². The molecule has 1 aliphatic heterocycles. The minimum Gasteiger partial charge on any atom is -0.338 e. The van der Waals surface area contributed by atoms with E-state index in [1.165, 1.54) is 0 Å². The summed E-state index contributed by atoms with van der Waals surface area (Å²) in [6.07, 6.45) is 6.39. The van der Waals surface area contributed by atoms with E-state index in [0.29, 0.717) is 6.54 Å². The van der Waals surface area contributed by atoms with Crippen LogP contribution in [0, 0.1) is 10.8 Å². The topological polar surface area (TPSA) is 82.6 Å². The van der Waals surface area contributed by atoms with Gasteiger partial charge in [0.25, 0.3) is 0 Å². The largest absolute Gasteiger partial charge is 0.338 e. The van der Waals surface area contributed by atoms with Gasteiger partial charge >= 0.3 is 6.03 Å². The Balaban J connectivity index is 1.86. The molecule has 23 heavy (non-hydrogen) atoms. The highest BCUT2D eigenvalue weighted by molar-refractivity contribution is 5.74. The number of hydrogen-bond acceptors (Lipinski definition) is 4. The minimum absolute atomic E-state index is 0.00975. The SMILES string of the molecule is CC1(C)CC(N=C=O)CC(C)(CNC(=O)NC2CCNCC2)C1. The number of urea groups is 1. The lowest BCUT2D eigenvalue weighted by Crippen LogP contribution is -2.50. The summed E-state index contributed by atoms with van der Waals surface area (Å²) < 4.78 is 0. The maximum Gasteiger partial charge on any atom is 0.315 e. The Bertz CT molecular complexity index is 467. The van der Waals surface area contributed by atoms with Gasteiger partial charge in [0.1, 0.15) is 0 Å². The lowest BCUT2D eigenvalue weighted by Gasteiger charge is -2.45. The number of carbonyl (C=O) groups excluding carboxylic acids is 2. The van der Waals surface area contributed by atoms with Crippen LogP contribution in [0.15, 0.2) is 4.99 Å². The Morgan fingerprint density at radius 1 is 1.26 bits per heavy atom. The first kappa shape index (κ1) is 18.0. The zero-order chi connectivity index (χ0) is 16.9. The van der Waals surface area contributed by atoms with Crippen molar-refractivity contribution in [1.82, 2.24) is 16.0 Å². The molecule has 1 heterocycles. The van der Waals surface area contributed by atoms with Gasteiger partial charge in [-0.3, -0.25) is 0 Å². The van der Waals surface area contributed by atoms with E-state index in [-0.39, 0.29) is 28.9 Å². The molecular weight excluding hydrogens is 292 g/mol. The number of carbonyl (C=O) groups is 1. The Morgan fingerprint density at radius 2 is 1.96 bits per heavy atom. The van der Waals surface area contributed by atoms with Gasteiger partial charge in [-0.2, -0.15) is 0 Å². The van der Waals surface area contributed by atoms with Gasteiger partial charge < -0.3 is 16.0 Å². The van der Waals surface area contributed by atoms with Crippen LogP contribution >= 0.6 is 0 Å². The average molecular weight is 322 g/mol. The fraction of sp³-hybridized carbons (Fsp3) is 0.882. The Hall–Kier alpha value is -1.39. The van der Waals surface area contributed by atoms with Gasteiger partial charge in [-0.05, 0) is 56.0 Å². The zero-order valence-corrected chi connectivity index (χ0v) is 14.6. The van der Waals surface area contributed by atoms with Crippen molar-refractivity contribution in [3.63, 3.8) is 0 Å². The fourth-order valence-electron chi connectivity index (χ4n) is 4.38. The van der Waals surface area contributed by atoms with E-state index in [1.54, 1.807) is 6.08 Å². The Morgan fingerprint density at radius 3 is 2.61 bits per heavy atom. The first-order valence-corrected chi connectivity index (χ1v) is 8.64. The normalized spacial score (nSPS) is 31.0. The van der Waals surface area contributed by atoms with E-state index < -0.39 is 0 Å². The molecule has 0 spiro atoms. The summed E-state index contributed by atoms with van der Waals surface area (Å²) in [4.78, 5) is 26.7. The van der Waals surface area contributed by atoms with E-state index in [9.17, 15) is 9.59 Å². The molecule has 6 nitrogen and oxygen atoms in total. The number of nitrogens with zero attached hydrogens (tertiary/aromatic N) is 1. The highest BCUT2D eigenvalue weighted by Gasteiger charge is 2.41. The first-order valence-electron chi connectivity index (χ1n) is 8.64. The zero-order valence-electron chi connectivity index (χ0n) is 14.6. The standard InChI is InChI=1S/C17H30N4O2/c1-16(2)8-14(20-12-22)9-17(3,10-16)11-19-15(23)21-13-4-6-18-7-5-13/h13-14,18H,4-11H2,1-3H3,(H2,19,21,23). The molecule has 2 fully saturated rings. The molecule has 2 aliphatic rings. The van der Waals surface area contributed by atoms with Crippen molar-refractivity contribution in [2.45, 2.75) is 65.0 Å². The molecule has 1 saturated carbocycles. The predicted molar refractivity (Wildman–Crippen MR) is 90.1 cm³/mol. The number of amides is 2. The monoisotopic (exact) mass is 322 g/mol. The van der Waals surface area contributed by atoms with E-state index in [2.05, 4.69) is 41.7 Å². The number of nitrogens with one attached hydrogen (secondary N) is 3. The molecule has 0 aromatic rings. The van der Waals surface area contributed by atoms with Crippen molar-refractivity contribution in [2.75, 3.05) is 19.6 Å². The third kappa shape index (κ3) is 5.63. The van der Waals surface area contributed by atoms with Crippen LogP contribution < -0.4 is 16.0 Å². The van der Waals surface area contributed by atoms with Gasteiger partial charge in [0.05, 0.1) is 6.04 Å². The maximum atomic E-state index is 12.1. The van der Waals surface area contributed by atoms with E-state index in [4.69, 9.17) is 0 Å². The minimum atomic E-state index is -0.0862. The summed E-state index contributed by atoms with van der Waals surface area (Å²) in [6.45, 7) is 9.11. The molecule has 2 unspecified atom stereocenters. The summed E-state index contributed by atoms with van der Waals surface area (Å²) in [6, 6.07) is 0.187. The molecule has 6 heteroatoms. The molecule has 3 N–H and O–H groups in total. The lowest BCUT2D eigenvalue weighted by molar-refractivity contribution is 0.0848. The fourth-order valence-corrected chi connectivity index (χ4v) is 4.38. The molecule has 0 bridgehead atoms. The molecule has 0 aromatic heterocycles. The van der Waals surface area contributed by atoms with Crippen molar-refractivity contribution in [3.05, 3.63) is 0 Å². The van der Waals surface area contributed by atoms with Crippen LogP contribution in [0.4, 0.5) is 4.79 Å². The molecule has 0 aromatic carbocycles. The van der Waals surface area contributed by atoms with Crippen LogP contribution in [0.2, 0.25) is 0 Å². The van der Waals surface area contributed by atoms with Crippen LogP contribution in [-0.4, -0.2) is 43.8 Å². The predicted octanol–water partition coefficient (Wildman–Crippen LogP) is 1.96. The van der Waals surface area contributed by atoms with Gasteiger partial charge in [-0.25, -0.2) is 14.6 Å². The first-order chi connectivity index (χ1) is 10.8. The molecule has 2 amide bonds. The van der Waals surface area contributed by atoms with Crippen molar-refractivity contribution in [1.29, 1.82) is 0 Å². The molecule has 1 saturated heterocycles. The number of isocyanates is 1. The summed E-state index contributed by atoms with van der Waals surface area (Å²) in [7, 11) is 0. The van der Waals surface area contributed by atoms with Crippen LogP contribution in [0.25, 0.3) is 0 Å². The summed E-state index contributed by atoms with van der Waals surface area (Å²) in [5, 5.41) is 9.38. The second kappa shape index (κ2) is 7.45. The quantitative estimate of drug-likeness (QED) is 0.546. The summed E-state index contributed by atoms with van der Waals surface area (Å²) in [5.41, 5.74) is 0.0729. The Labute approximate surface area is 138 Å². The van der Waals surface area contributed by atoms with Gasteiger partial charge in [-0.15, -0.1) is 0 Å². The molecule has 130 valence electrons. The maximum absolute atomic E-state index is 12.1. The molecular formula is C17H30N4O2. The van der Waals surface area contributed by atoms with Gasteiger partial charge in [-0.1, -0.05) is 20.8 Å². The van der Waals surface area contributed by atoms with Crippen LogP contribution in [-0.2, 0) is 4.79 Å². The van der Waals surface area contributed by atoms with Gasteiger partial charge in [0.15, 0.2) is 0 Å². The van der Waals surface area contributed by atoms with Crippen molar-refractivity contribution in [2.24, 2.45) is 15.8 Å². The third-order valence-corrected chi connectivity index (χ3v) is 5.01. The highest BCUT2D eigenvalue weighted by atomic mass is 16.2. The van der Waals surface area contributed by atoms with Crippen molar-refractivity contribution < 1.29 is 9.59 Å². The molecule has 2 atom stereocenters. The van der Waals surface area contributed by atoms with Crippen LogP contribution in [0.3, 0.4) is 0 Å². The second-order valence-corrected chi connectivity index (χ2v) is 8.29. The average Bonchev–Trinajstić information content (AvgIpc) is 2.45. The number of aliphatic imine (C=N–C) groups is 1. The van der Waals surface area contributed by atoms with Gasteiger partial charge in [0.2, 0.25) is 6.08 Å². The molecule has 0 radical (unpaired) electrons. The summed E-state index contributed by atoms with van der Waals surface area (Å²) >= 11 is 0.